The van der Waals surface area contributed by atoms with E-state index < -0.39 is 5.54 Å². The van der Waals surface area contributed by atoms with Gasteiger partial charge in [0.1, 0.15) is 11.3 Å². The summed E-state index contributed by atoms with van der Waals surface area (Å²) in [5, 5.41) is 9.36. The summed E-state index contributed by atoms with van der Waals surface area (Å²) >= 11 is 5.91. The lowest BCUT2D eigenvalue weighted by Gasteiger charge is -2.41. The molecule has 1 aromatic heterocycles. The number of aromatic nitrogens is 1. The standard InChI is InChI=1S/C34H36ClN5O4/c1-24-29(38-32(44-24)27-10-6-3-7-11-27)22-30(41)39-34(16-20-40(21-17-34)23-25-8-4-2-5-9-25)33(43)37-19-18-36-31(42)26-12-14-28(35)15-13-26/h2-15H,16-23H2,1H3,(H,36,42)(H,37,43)(H,39,41). The summed E-state index contributed by atoms with van der Waals surface area (Å²) in [5.74, 6) is 0.183. The van der Waals surface area contributed by atoms with Gasteiger partial charge in [-0.15, -0.1) is 0 Å². The van der Waals surface area contributed by atoms with Crippen LogP contribution >= 0.6 is 11.6 Å². The van der Waals surface area contributed by atoms with E-state index >= 15 is 0 Å². The molecule has 1 aliphatic heterocycles. The van der Waals surface area contributed by atoms with Crippen LogP contribution in [0.1, 0.15) is 40.2 Å². The molecule has 5 rings (SSSR count). The molecule has 1 aliphatic rings. The van der Waals surface area contributed by atoms with Crippen molar-refractivity contribution in [3.05, 3.63) is 113 Å². The van der Waals surface area contributed by atoms with E-state index in [-0.39, 0.29) is 37.2 Å². The van der Waals surface area contributed by atoms with Gasteiger partial charge in [-0.2, -0.15) is 0 Å². The van der Waals surface area contributed by atoms with Gasteiger partial charge in [0.15, 0.2) is 0 Å². The first-order valence-electron chi connectivity index (χ1n) is 14.7. The summed E-state index contributed by atoms with van der Waals surface area (Å²) in [5.41, 5.74) is 1.94. The van der Waals surface area contributed by atoms with Crippen LogP contribution in [-0.4, -0.2) is 59.3 Å². The Morgan fingerprint density at radius 1 is 0.886 bits per heavy atom. The molecule has 2 heterocycles. The van der Waals surface area contributed by atoms with Gasteiger partial charge in [-0.1, -0.05) is 60.1 Å². The fourth-order valence-electron chi connectivity index (χ4n) is 5.33. The molecule has 1 fully saturated rings. The first-order valence-corrected chi connectivity index (χ1v) is 15.1. The number of carbonyl (C=O) groups excluding carboxylic acids is 3. The van der Waals surface area contributed by atoms with Crippen LogP contribution in [0.25, 0.3) is 11.5 Å². The summed E-state index contributed by atoms with van der Waals surface area (Å²) in [4.78, 5) is 46.4. The number of benzene rings is 3. The number of piperidine rings is 1. The minimum absolute atomic E-state index is 0.0118. The molecule has 4 aromatic rings. The third kappa shape index (κ3) is 7.92. The van der Waals surface area contributed by atoms with E-state index in [0.29, 0.717) is 53.9 Å². The maximum absolute atomic E-state index is 13.7. The summed E-state index contributed by atoms with van der Waals surface area (Å²) in [7, 11) is 0. The van der Waals surface area contributed by atoms with Gasteiger partial charge in [-0.3, -0.25) is 19.3 Å². The van der Waals surface area contributed by atoms with Gasteiger partial charge in [-0.25, -0.2) is 4.98 Å². The molecular weight excluding hydrogens is 578 g/mol. The number of rotatable bonds is 11. The third-order valence-corrected chi connectivity index (χ3v) is 8.07. The molecule has 0 unspecified atom stereocenters. The molecule has 0 saturated carbocycles. The van der Waals surface area contributed by atoms with E-state index in [2.05, 4.69) is 38.0 Å². The highest BCUT2D eigenvalue weighted by Crippen LogP contribution is 2.26. The molecular formula is C34H36ClN5O4. The molecule has 1 saturated heterocycles. The second-order valence-electron chi connectivity index (χ2n) is 11.0. The summed E-state index contributed by atoms with van der Waals surface area (Å²) in [6, 6.07) is 26.3. The number of hydrogen-bond donors (Lipinski definition) is 3. The average molecular weight is 614 g/mol. The van der Waals surface area contributed by atoms with Crippen LogP contribution in [0, 0.1) is 6.92 Å². The summed E-state index contributed by atoms with van der Waals surface area (Å²) in [6.07, 6.45) is 0.880. The van der Waals surface area contributed by atoms with E-state index in [0.717, 1.165) is 12.1 Å². The van der Waals surface area contributed by atoms with Crippen LogP contribution < -0.4 is 16.0 Å². The number of aryl methyl sites for hydroxylation is 1. The SMILES string of the molecule is Cc1oc(-c2ccccc2)nc1CC(=O)NC1(C(=O)NCCNC(=O)c2ccc(Cl)cc2)CCN(Cc2ccccc2)CC1. The fourth-order valence-corrected chi connectivity index (χ4v) is 5.45. The number of halogens is 1. The van der Waals surface area contributed by atoms with Crippen molar-refractivity contribution in [3.8, 4) is 11.5 Å². The van der Waals surface area contributed by atoms with Gasteiger partial charge >= 0.3 is 0 Å². The van der Waals surface area contributed by atoms with Crippen LogP contribution in [-0.2, 0) is 22.6 Å². The molecule has 9 nitrogen and oxygen atoms in total. The van der Waals surface area contributed by atoms with Gasteiger partial charge < -0.3 is 20.4 Å². The van der Waals surface area contributed by atoms with Gasteiger partial charge in [0, 0.05) is 48.9 Å². The molecule has 0 atom stereocenters. The Balaban J connectivity index is 1.22. The van der Waals surface area contributed by atoms with Crippen LogP contribution in [0.3, 0.4) is 0 Å². The Labute approximate surface area is 262 Å². The monoisotopic (exact) mass is 613 g/mol. The zero-order valence-electron chi connectivity index (χ0n) is 24.6. The molecule has 44 heavy (non-hydrogen) atoms. The number of nitrogens with one attached hydrogen (secondary N) is 3. The minimum atomic E-state index is -1.09. The molecule has 0 aliphatic carbocycles. The molecule has 3 amide bonds. The van der Waals surface area contributed by atoms with Crippen molar-refractivity contribution in [1.29, 1.82) is 0 Å². The zero-order chi connectivity index (χ0) is 30.9. The van der Waals surface area contributed by atoms with Crippen molar-refractivity contribution in [2.45, 2.75) is 38.3 Å². The third-order valence-electron chi connectivity index (χ3n) is 7.82. The highest BCUT2D eigenvalue weighted by molar-refractivity contribution is 6.30. The maximum Gasteiger partial charge on any atom is 0.251 e. The largest absolute Gasteiger partial charge is 0.441 e. The molecule has 10 heteroatoms. The number of carbonyl (C=O) groups is 3. The highest BCUT2D eigenvalue weighted by Gasteiger charge is 2.42. The lowest BCUT2D eigenvalue weighted by atomic mass is 9.85. The van der Waals surface area contributed by atoms with E-state index in [1.165, 1.54) is 5.56 Å². The summed E-state index contributed by atoms with van der Waals surface area (Å²) in [6.45, 7) is 4.27. The highest BCUT2D eigenvalue weighted by atomic mass is 35.5. The Kier molecular flexibility index (Phi) is 10.1. The second kappa shape index (κ2) is 14.3. The Morgan fingerprint density at radius 3 is 2.20 bits per heavy atom. The normalized spacial score (nSPS) is 14.5. The van der Waals surface area contributed by atoms with Crippen molar-refractivity contribution in [2.24, 2.45) is 0 Å². The number of hydrogen-bond acceptors (Lipinski definition) is 6. The van der Waals surface area contributed by atoms with Crippen LogP contribution in [0.4, 0.5) is 0 Å². The van der Waals surface area contributed by atoms with Gasteiger partial charge in [0.05, 0.1) is 12.1 Å². The van der Waals surface area contributed by atoms with Gasteiger partial charge in [0.2, 0.25) is 17.7 Å². The molecule has 3 aromatic carbocycles. The maximum atomic E-state index is 13.7. The number of nitrogens with zero attached hydrogens (tertiary/aromatic N) is 2. The fraction of sp³-hybridized carbons (Fsp3) is 0.294. The molecule has 3 N–H and O–H groups in total. The van der Waals surface area contributed by atoms with Crippen LogP contribution in [0.2, 0.25) is 5.02 Å². The topological polar surface area (TPSA) is 117 Å². The Bertz CT molecular complexity index is 1570. The second-order valence-corrected chi connectivity index (χ2v) is 11.4. The molecule has 0 bridgehead atoms. The van der Waals surface area contributed by atoms with E-state index in [1.54, 1.807) is 31.2 Å². The Hall–Kier alpha value is -4.47. The first-order chi connectivity index (χ1) is 21.3. The van der Waals surface area contributed by atoms with Crippen molar-refractivity contribution < 1.29 is 18.8 Å². The Morgan fingerprint density at radius 2 is 1.52 bits per heavy atom. The van der Waals surface area contributed by atoms with E-state index in [1.807, 2.05) is 48.5 Å². The molecule has 228 valence electrons. The zero-order valence-corrected chi connectivity index (χ0v) is 25.4. The van der Waals surface area contributed by atoms with Crippen molar-refractivity contribution >= 4 is 29.3 Å². The number of oxazole rings is 1. The minimum Gasteiger partial charge on any atom is -0.441 e. The van der Waals surface area contributed by atoms with Crippen LogP contribution in [0.15, 0.2) is 89.3 Å². The smallest absolute Gasteiger partial charge is 0.251 e. The van der Waals surface area contributed by atoms with E-state index in [9.17, 15) is 14.4 Å². The first kappa shape index (κ1) is 31.0. The molecule has 0 radical (unpaired) electrons. The lowest BCUT2D eigenvalue weighted by Crippen LogP contribution is -2.63. The van der Waals surface area contributed by atoms with Crippen molar-refractivity contribution in [1.82, 2.24) is 25.8 Å². The lowest BCUT2D eigenvalue weighted by molar-refractivity contribution is -0.135. The quantitative estimate of drug-likeness (QED) is 0.214. The van der Waals surface area contributed by atoms with Crippen molar-refractivity contribution in [2.75, 3.05) is 26.2 Å². The van der Waals surface area contributed by atoms with Gasteiger partial charge in [0.25, 0.3) is 5.91 Å². The average Bonchev–Trinajstić information content (AvgIpc) is 3.40. The van der Waals surface area contributed by atoms with Crippen LogP contribution in [0.5, 0.6) is 0 Å². The van der Waals surface area contributed by atoms with Gasteiger partial charge in [-0.05, 0) is 61.7 Å². The van der Waals surface area contributed by atoms with E-state index in [4.69, 9.17) is 16.0 Å². The predicted molar refractivity (Wildman–Crippen MR) is 169 cm³/mol. The van der Waals surface area contributed by atoms with Crippen molar-refractivity contribution in [3.63, 3.8) is 0 Å². The number of amides is 3. The predicted octanol–water partition coefficient (Wildman–Crippen LogP) is 4.54. The molecule has 0 spiro atoms. The summed E-state index contributed by atoms with van der Waals surface area (Å²) < 4.78 is 5.84. The number of likely N-dealkylation sites (tertiary alicyclic amines) is 1.